The van der Waals surface area contributed by atoms with Gasteiger partial charge >= 0.3 is 5.97 Å². The van der Waals surface area contributed by atoms with E-state index in [0.717, 1.165) is 5.56 Å². The van der Waals surface area contributed by atoms with Crippen molar-refractivity contribution in [3.63, 3.8) is 0 Å². The molecule has 0 aliphatic rings. The van der Waals surface area contributed by atoms with Gasteiger partial charge in [0.1, 0.15) is 0 Å². The summed E-state index contributed by atoms with van der Waals surface area (Å²) >= 11 is 23.2. The van der Waals surface area contributed by atoms with Crippen LogP contribution in [0.4, 0.5) is 0 Å². The van der Waals surface area contributed by atoms with E-state index in [1.165, 1.54) is 0 Å². The van der Waals surface area contributed by atoms with Crippen LogP contribution in [0.15, 0.2) is 18.2 Å². The molecule has 0 saturated heterocycles. The van der Waals surface area contributed by atoms with E-state index in [4.69, 9.17) is 51.5 Å². The van der Waals surface area contributed by atoms with Crippen LogP contribution in [0.3, 0.4) is 0 Å². The molecule has 0 aliphatic heterocycles. The van der Waals surface area contributed by atoms with E-state index in [1.54, 1.807) is 18.2 Å². The van der Waals surface area contributed by atoms with Gasteiger partial charge in [0, 0.05) is 17.7 Å². The van der Waals surface area contributed by atoms with Crippen molar-refractivity contribution < 1.29 is 9.90 Å². The quantitative estimate of drug-likeness (QED) is 0.824. The average molecular weight is 316 g/mol. The minimum atomic E-state index is -0.975. The highest BCUT2D eigenvalue weighted by Crippen LogP contribution is 2.32. The zero-order valence-electron chi connectivity index (χ0n) is 8.67. The van der Waals surface area contributed by atoms with Gasteiger partial charge in [-0.3, -0.25) is 4.79 Å². The van der Waals surface area contributed by atoms with Crippen LogP contribution in [0.25, 0.3) is 0 Å². The Balaban J connectivity index is 3.08. The molecule has 0 spiro atoms. The molecule has 6 heteroatoms. The molecule has 2 unspecified atom stereocenters. The smallest absolute Gasteiger partial charge is 0.308 e. The first kappa shape index (κ1) is 14.9. The number of halogens is 4. The molecule has 1 N–H and O–H groups in total. The van der Waals surface area contributed by atoms with Gasteiger partial charge in [-0.15, -0.1) is 23.2 Å². The molecule has 0 heterocycles. The van der Waals surface area contributed by atoms with E-state index >= 15 is 0 Å². The normalized spacial score (nSPS) is 14.4. The lowest BCUT2D eigenvalue weighted by atomic mass is 9.89. The van der Waals surface area contributed by atoms with Crippen LogP contribution in [-0.2, 0) is 4.79 Å². The highest BCUT2D eigenvalue weighted by molar-refractivity contribution is 6.42. The van der Waals surface area contributed by atoms with Crippen molar-refractivity contribution in [1.82, 2.24) is 0 Å². The first-order valence-corrected chi connectivity index (χ1v) is 6.63. The highest BCUT2D eigenvalue weighted by Gasteiger charge is 2.28. The number of rotatable bonds is 5. The lowest BCUT2D eigenvalue weighted by molar-refractivity contribution is -0.141. The molecular weight excluding hydrogens is 306 g/mol. The van der Waals surface area contributed by atoms with Gasteiger partial charge in [0.05, 0.1) is 16.0 Å². The summed E-state index contributed by atoms with van der Waals surface area (Å²) in [5.41, 5.74) is 0.724. The summed E-state index contributed by atoms with van der Waals surface area (Å²) < 4.78 is 0. The van der Waals surface area contributed by atoms with Crippen LogP contribution in [-0.4, -0.2) is 22.8 Å². The minimum Gasteiger partial charge on any atom is -0.481 e. The van der Waals surface area contributed by atoms with Crippen molar-refractivity contribution in [1.29, 1.82) is 0 Å². The lowest BCUT2D eigenvalue weighted by Crippen LogP contribution is -2.24. The molecule has 0 saturated carbocycles. The van der Waals surface area contributed by atoms with Crippen molar-refractivity contribution in [2.24, 2.45) is 5.92 Å². The molecule has 1 aromatic rings. The van der Waals surface area contributed by atoms with Crippen molar-refractivity contribution in [3.05, 3.63) is 33.8 Å². The molecule has 2 atom stereocenters. The van der Waals surface area contributed by atoms with Gasteiger partial charge in [0.2, 0.25) is 0 Å². The summed E-state index contributed by atoms with van der Waals surface area (Å²) in [6.45, 7) is 0. The van der Waals surface area contributed by atoms with E-state index < -0.39 is 11.9 Å². The second-order valence-electron chi connectivity index (χ2n) is 3.53. The summed E-state index contributed by atoms with van der Waals surface area (Å²) in [6.07, 6.45) is 0. The standard InChI is InChI=1S/C11H10Cl4O2/c12-4-7(8(5-13)11(16)17)6-1-2-9(14)10(15)3-6/h1-3,7-8H,4-5H2,(H,16,17). The van der Waals surface area contributed by atoms with Crippen LogP contribution in [0.5, 0.6) is 0 Å². The Labute approximate surface area is 119 Å². The fourth-order valence-corrected chi connectivity index (χ4v) is 2.56. The summed E-state index contributed by atoms with van der Waals surface area (Å²) in [5.74, 6) is -1.96. The number of carboxylic acids is 1. The molecule has 0 bridgehead atoms. The van der Waals surface area contributed by atoms with Crippen molar-refractivity contribution in [3.8, 4) is 0 Å². The summed E-state index contributed by atoms with van der Waals surface area (Å²) in [7, 11) is 0. The van der Waals surface area contributed by atoms with E-state index in [9.17, 15) is 4.79 Å². The largest absolute Gasteiger partial charge is 0.481 e. The Kier molecular flexibility index (Phi) is 5.87. The maximum absolute atomic E-state index is 11.1. The molecule has 0 aromatic heterocycles. The van der Waals surface area contributed by atoms with Gasteiger partial charge in [0.15, 0.2) is 0 Å². The van der Waals surface area contributed by atoms with Gasteiger partial charge in [-0.25, -0.2) is 0 Å². The molecule has 0 aliphatic carbocycles. The molecule has 0 fully saturated rings. The van der Waals surface area contributed by atoms with Gasteiger partial charge in [-0.1, -0.05) is 29.3 Å². The summed E-state index contributed by atoms with van der Waals surface area (Å²) in [5, 5.41) is 9.85. The summed E-state index contributed by atoms with van der Waals surface area (Å²) in [6, 6.07) is 4.95. The number of aliphatic carboxylic acids is 1. The Hall–Kier alpha value is -0.150. The predicted octanol–water partition coefficient (Wildman–Crippen LogP) is 4.26. The Morgan fingerprint density at radius 1 is 1.18 bits per heavy atom. The molecule has 0 radical (unpaired) electrons. The van der Waals surface area contributed by atoms with E-state index in [1.807, 2.05) is 0 Å². The third-order valence-corrected chi connectivity index (χ3v) is 3.91. The predicted molar refractivity (Wildman–Crippen MR) is 71.8 cm³/mol. The zero-order valence-corrected chi connectivity index (χ0v) is 11.7. The third-order valence-electron chi connectivity index (χ3n) is 2.51. The maximum atomic E-state index is 11.1. The molecule has 1 aromatic carbocycles. The third kappa shape index (κ3) is 3.65. The van der Waals surface area contributed by atoms with Crippen LogP contribution in [0.1, 0.15) is 11.5 Å². The molecule has 17 heavy (non-hydrogen) atoms. The van der Waals surface area contributed by atoms with Crippen molar-refractivity contribution in [2.75, 3.05) is 11.8 Å². The fraction of sp³-hybridized carbons (Fsp3) is 0.364. The SMILES string of the molecule is O=C(O)C(CCl)C(CCl)c1ccc(Cl)c(Cl)c1. The summed E-state index contributed by atoms with van der Waals surface area (Å²) in [4.78, 5) is 11.1. The Morgan fingerprint density at radius 3 is 2.24 bits per heavy atom. The van der Waals surface area contributed by atoms with Crippen LogP contribution in [0.2, 0.25) is 10.0 Å². The van der Waals surface area contributed by atoms with Crippen LogP contribution < -0.4 is 0 Å². The van der Waals surface area contributed by atoms with Crippen LogP contribution in [0, 0.1) is 5.92 Å². The second kappa shape index (κ2) is 6.69. The van der Waals surface area contributed by atoms with Gasteiger partial charge in [-0.2, -0.15) is 0 Å². The first-order valence-electron chi connectivity index (χ1n) is 4.81. The van der Waals surface area contributed by atoms with E-state index in [2.05, 4.69) is 0 Å². The molecular formula is C11H10Cl4O2. The Bertz CT molecular complexity index is 408. The zero-order chi connectivity index (χ0) is 13.0. The number of alkyl halides is 2. The highest BCUT2D eigenvalue weighted by atomic mass is 35.5. The number of hydrogen-bond acceptors (Lipinski definition) is 1. The van der Waals surface area contributed by atoms with E-state index in [-0.39, 0.29) is 17.7 Å². The number of benzene rings is 1. The fourth-order valence-electron chi connectivity index (χ4n) is 1.52. The monoisotopic (exact) mass is 314 g/mol. The van der Waals surface area contributed by atoms with Crippen molar-refractivity contribution >= 4 is 52.4 Å². The second-order valence-corrected chi connectivity index (χ2v) is 4.96. The van der Waals surface area contributed by atoms with Gasteiger partial charge in [-0.05, 0) is 17.7 Å². The van der Waals surface area contributed by atoms with Gasteiger partial charge < -0.3 is 5.11 Å². The minimum absolute atomic E-state index is 0.00698. The van der Waals surface area contributed by atoms with Crippen LogP contribution >= 0.6 is 46.4 Å². The molecule has 2 nitrogen and oxygen atoms in total. The maximum Gasteiger partial charge on any atom is 0.308 e. The topological polar surface area (TPSA) is 37.3 Å². The number of carbonyl (C=O) groups is 1. The molecule has 94 valence electrons. The molecule has 0 amide bonds. The number of carboxylic acid groups (broad SMARTS) is 1. The van der Waals surface area contributed by atoms with Crippen molar-refractivity contribution in [2.45, 2.75) is 5.92 Å². The first-order chi connectivity index (χ1) is 8.01. The van der Waals surface area contributed by atoms with Gasteiger partial charge in [0.25, 0.3) is 0 Å². The Morgan fingerprint density at radius 2 is 1.82 bits per heavy atom. The average Bonchev–Trinajstić information content (AvgIpc) is 2.29. The van der Waals surface area contributed by atoms with E-state index in [0.29, 0.717) is 10.0 Å². The molecule has 1 rings (SSSR count). The lowest BCUT2D eigenvalue weighted by Gasteiger charge is -2.20. The number of hydrogen-bond donors (Lipinski definition) is 1.